The first kappa shape index (κ1) is 12.6. The van der Waals surface area contributed by atoms with Gasteiger partial charge in [-0.25, -0.2) is 8.42 Å². The van der Waals surface area contributed by atoms with Crippen LogP contribution in [-0.4, -0.2) is 26.0 Å². The van der Waals surface area contributed by atoms with Gasteiger partial charge in [0, 0.05) is 6.54 Å². The highest BCUT2D eigenvalue weighted by molar-refractivity contribution is 7.89. The normalized spacial score (nSPS) is 17.7. The lowest BCUT2D eigenvalue weighted by atomic mass is 10.1. The summed E-state index contributed by atoms with van der Waals surface area (Å²) in [6.45, 7) is 0.891. The number of rotatable bonds is 2. The summed E-state index contributed by atoms with van der Waals surface area (Å²) in [6.07, 6.45) is 1.75. The van der Waals surface area contributed by atoms with E-state index in [9.17, 15) is 8.42 Å². The van der Waals surface area contributed by atoms with Crippen LogP contribution < -0.4 is 0 Å². The number of benzene rings is 2. The van der Waals surface area contributed by atoms with Gasteiger partial charge in [-0.15, -0.1) is 0 Å². The Hall–Kier alpha value is -1.43. The maximum atomic E-state index is 12.4. The molecule has 0 atom stereocenters. The van der Waals surface area contributed by atoms with E-state index in [2.05, 4.69) is 0 Å². The molecule has 2 aromatic carbocycles. The van der Waals surface area contributed by atoms with Crippen molar-refractivity contribution < 1.29 is 13.3 Å². The third-order valence-electron chi connectivity index (χ3n) is 3.26. The zero-order valence-corrected chi connectivity index (χ0v) is 11.3. The van der Waals surface area contributed by atoms with Crippen LogP contribution in [0, 0.1) is 0 Å². The Morgan fingerprint density at radius 3 is 2.53 bits per heavy atom. The first-order chi connectivity index (χ1) is 9.18. The number of hydroxylamine groups is 1. The molecule has 0 spiro atoms. The zero-order chi connectivity index (χ0) is 13.3. The van der Waals surface area contributed by atoms with E-state index in [0.717, 1.165) is 28.1 Å². The summed E-state index contributed by atoms with van der Waals surface area (Å²) in [7, 11) is -3.54. The zero-order valence-electron chi connectivity index (χ0n) is 10.5. The second-order valence-electron chi connectivity index (χ2n) is 4.58. The molecule has 1 saturated heterocycles. The Labute approximate surface area is 112 Å². The van der Waals surface area contributed by atoms with Gasteiger partial charge >= 0.3 is 0 Å². The van der Waals surface area contributed by atoms with Gasteiger partial charge in [-0.3, -0.25) is 4.84 Å². The van der Waals surface area contributed by atoms with Crippen LogP contribution in [0.3, 0.4) is 0 Å². The lowest BCUT2D eigenvalue weighted by Crippen LogP contribution is -2.35. The van der Waals surface area contributed by atoms with E-state index in [1.165, 1.54) is 0 Å². The monoisotopic (exact) mass is 277 g/mol. The van der Waals surface area contributed by atoms with Crippen LogP contribution in [0.2, 0.25) is 0 Å². The van der Waals surface area contributed by atoms with E-state index in [4.69, 9.17) is 4.84 Å². The molecular formula is C14H15NO3S. The molecular weight excluding hydrogens is 262 g/mol. The number of hydrogen-bond donors (Lipinski definition) is 0. The largest absolute Gasteiger partial charge is 0.284 e. The summed E-state index contributed by atoms with van der Waals surface area (Å²) >= 11 is 0. The second-order valence-corrected chi connectivity index (χ2v) is 6.41. The topological polar surface area (TPSA) is 46.6 Å². The van der Waals surface area contributed by atoms with Gasteiger partial charge in [0.25, 0.3) is 10.0 Å². The maximum Gasteiger partial charge on any atom is 0.265 e. The SMILES string of the molecule is O=S(=O)(c1ccc2ccccc2c1)N1CCCCO1. The van der Waals surface area contributed by atoms with Gasteiger partial charge in [0.2, 0.25) is 0 Å². The molecule has 0 aromatic heterocycles. The van der Waals surface area contributed by atoms with Crippen LogP contribution in [-0.2, 0) is 14.9 Å². The molecule has 0 amide bonds. The van der Waals surface area contributed by atoms with Crippen LogP contribution in [0.5, 0.6) is 0 Å². The van der Waals surface area contributed by atoms with E-state index in [1.54, 1.807) is 12.1 Å². The van der Waals surface area contributed by atoms with Crippen molar-refractivity contribution in [3.63, 3.8) is 0 Å². The van der Waals surface area contributed by atoms with Crippen molar-refractivity contribution in [2.45, 2.75) is 17.7 Å². The molecule has 1 fully saturated rings. The quantitative estimate of drug-likeness (QED) is 0.847. The molecule has 100 valence electrons. The third-order valence-corrected chi connectivity index (χ3v) is 4.93. The van der Waals surface area contributed by atoms with E-state index in [1.807, 2.05) is 30.3 Å². The highest BCUT2D eigenvalue weighted by Gasteiger charge is 2.27. The van der Waals surface area contributed by atoms with E-state index >= 15 is 0 Å². The molecule has 1 aliphatic rings. The van der Waals surface area contributed by atoms with Crippen LogP contribution in [0.1, 0.15) is 12.8 Å². The molecule has 3 rings (SSSR count). The lowest BCUT2D eigenvalue weighted by Gasteiger charge is -2.25. The van der Waals surface area contributed by atoms with Gasteiger partial charge in [-0.1, -0.05) is 34.8 Å². The van der Waals surface area contributed by atoms with Crippen molar-refractivity contribution in [1.82, 2.24) is 4.47 Å². The van der Waals surface area contributed by atoms with E-state index < -0.39 is 10.0 Å². The molecule has 2 aromatic rings. The van der Waals surface area contributed by atoms with Crippen molar-refractivity contribution in [3.8, 4) is 0 Å². The Balaban J connectivity index is 2.02. The predicted octanol–water partition coefficient (Wildman–Crippen LogP) is 2.56. The van der Waals surface area contributed by atoms with Crippen molar-refractivity contribution in [2.75, 3.05) is 13.2 Å². The van der Waals surface area contributed by atoms with Crippen molar-refractivity contribution >= 4 is 20.8 Å². The molecule has 19 heavy (non-hydrogen) atoms. The first-order valence-corrected chi connectivity index (χ1v) is 7.76. The molecule has 1 heterocycles. The molecule has 5 heteroatoms. The molecule has 0 N–H and O–H groups in total. The number of fused-ring (bicyclic) bond motifs is 1. The molecule has 4 nitrogen and oxygen atoms in total. The fourth-order valence-corrected chi connectivity index (χ4v) is 3.54. The van der Waals surface area contributed by atoms with Gasteiger partial charge < -0.3 is 0 Å². The lowest BCUT2D eigenvalue weighted by molar-refractivity contribution is -0.108. The average Bonchev–Trinajstić information content (AvgIpc) is 2.47. The number of sulfonamides is 1. The van der Waals surface area contributed by atoms with E-state index in [0.29, 0.717) is 13.2 Å². The Morgan fingerprint density at radius 1 is 1.00 bits per heavy atom. The summed E-state index contributed by atoms with van der Waals surface area (Å²) in [4.78, 5) is 5.54. The van der Waals surface area contributed by atoms with Crippen LogP contribution in [0.25, 0.3) is 10.8 Å². The minimum atomic E-state index is -3.54. The minimum Gasteiger partial charge on any atom is -0.284 e. The summed E-state index contributed by atoms with van der Waals surface area (Å²) < 4.78 is 26.0. The smallest absolute Gasteiger partial charge is 0.265 e. The molecule has 0 aliphatic carbocycles. The molecule has 1 aliphatic heterocycles. The van der Waals surface area contributed by atoms with E-state index in [-0.39, 0.29) is 4.90 Å². The summed E-state index contributed by atoms with van der Waals surface area (Å²) in [5.41, 5.74) is 0. The van der Waals surface area contributed by atoms with Crippen molar-refractivity contribution in [3.05, 3.63) is 42.5 Å². The number of hydrogen-bond acceptors (Lipinski definition) is 3. The highest BCUT2D eigenvalue weighted by Crippen LogP contribution is 2.23. The average molecular weight is 277 g/mol. The first-order valence-electron chi connectivity index (χ1n) is 6.32. The Bertz CT molecular complexity index is 691. The van der Waals surface area contributed by atoms with Gasteiger partial charge in [-0.2, -0.15) is 0 Å². The minimum absolute atomic E-state index is 0.285. The third kappa shape index (κ3) is 2.36. The summed E-state index contributed by atoms with van der Waals surface area (Å²) in [5, 5.41) is 1.95. The standard InChI is InChI=1S/C14H15NO3S/c16-19(17,15-9-3-4-10-18-15)14-8-7-12-5-1-2-6-13(12)11-14/h1-2,5-8,11H,3-4,9-10H2. The molecule has 0 bridgehead atoms. The molecule has 0 unspecified atom stereocenters. The van der Waals surface area contributed by atoms with Gasteiger partial charge in [-0.05, 0) is 35.7 Å². The van der Waals surface area contributed by atoms with Crippen molar-refractivity contribution in [1.29, 1.82) is 0 Å². The Morgan fingerprint density at radius 2 is 1.79 bits per heavy atom. The highest BCUT2D eigenvalue weighted by atomic mass is 32.2. The fourth-order valence-electron chi connectivity index (χ4n) is 2.21. The van der Waals surface area contributed by atoms with Gasteiger partial charge in [0.15, 0.2) is 0 Å². The molecule has 0 radical (unpaired) electrons. The van der Waals surface area contributed by atoms with Crippen LogP contribution in [0.15, 0.2) is 47.4 Å². The molecule has 0 saturated carbocycles. The maximum absolute atomic E-state index is 12.4. The number of nitrogens with zero attached hydrogens (tertiary/aromatic N) is 1. The van der Waals surface area contributed by atoms with Gasteiger partial charge in [0.05, 0.1) is 11.5 Å². The fraction of sp³-hybridized carbons (Fsp3) is 0.286. The van der Waals surface area contributed by atoms with Crippen molar-refractivity contribution in [2.24, 2.45) is 0 Å². The Kier molecular flexibility index (Phi) is 3.26. The summed E-state index contributed by atoms with van der Waals surface area (Å²) in [6, 6.07) is 12.9. The second kappa shape index (κ2) is 4.92. The summed E-state index contributed by atoms with van der Waals surface area (Å²) in [5.74, 6) is 0. The van der Waals surface area contributed by atoms with Gasteiger partial charge in [0.1, 0.15) is 0 Å². The van der Waals surface area contributed by atoms with Crippen LogP contribution in [0.4, 0.5) is 0 Å². The predicted molar refractivity (Wildman–Crippen MR) is 73.0 cm³/mol. The van der Waals surface area contributed by atoms with Crippen LogP contribution >= 0.6 is 0 Å².